The fourth-order valence-corrected chi connectivity index (χ4v) is 4.04. The van der Waals surface area contributed by atoms with Crippen molar-refractivity contribution in [2.75, 3.05) is 33.9 Å². The van der Waals surface area contributed by atoms with Gasteiger partial charge in [0.1, 0.15) is 12.4 Å². The molecule has 0 aliphatic carbocycles. The van der Waals surface area contributed by atoms with Crippen LogP contribution in [0.3, 0.4) is 0 Å². The molecule has 0 radical (unpaired) electrons. The third-order valence-electron chi connectivity index (χ3n) is 4.41. The number of hydrogen-bond donors (Lipinski definition) is 1. The Morgan fingerprint density at radius 1 is 1.24 bits per heavy atom. The molecule has 7 nitrogen and oxygen atoms in total. The van der Waals surface area contributed by atoms with Crippen LogP contribution in [0.5, 0.6) is 0 Å². The maximum absolute atomic E-state index is 13.4. The van der Waals surface area contributed by atoms with Crippen LogP contribution in [0.25, 0.3) is 0 Å². The van der Waals surface area contributed by atoms with Gasteiger partial charge in [-0.2, -0.15) is 0 Å². The molecule has 0 spiro atoms. The lowest BCUT2D eigenvalue weighted by Gasteiger charge is -2.22. The number of carbonyl (C=O) groups excluding carboxylic acids is 2. The molecular weight excluding hydrogens is 421 g/mol. The molecule has 1 N–H and O–H groups in total. The third-order valence-corrected chi connectivity index (χ3v) is 5.85. The predicted molar refractivity (Wildman–Crippen MR) is 110 cm³/mol. The first-order valence-corrected chi connectivity index (χ1v) is 11.0. The quantitative estimate of drug-likeness (QED) is 0.749. The molecule has 10 heteroatoms. The van der Waals surface area contributed by atoms with Gasteiger partial charge in [0.2, 0.25) is 21.8 Å². The molecule has 1 aliphatic rings. The van der Waals surface area contributed by atoms with Crippen molar-refractivity contribution in [3.63, 3.8) is 0 Å². The highest BCUT2D eigenvalue weighted by molar-refractivity contribution is 7.92. The molecule has 154 valence electrons. The molecule has 0 bridgehead atoms. The van der Waals surface area contributed by atoms with Crippen molar-refractivity contribution in [1.82, 2.24) is 0 Å². The summed E-state index contributed by atoms with van der Waals surface area (Å²) in [6, 6.07) is 10.1. The summed E-state index contributed by atoms with van der Waals surface area (Å²) in [5.74, 6) is -1.21. The van der Waals surface area contributed by atoms with Gasteiger partial charge in [0.05, 0.1) is 17.0 Å². The summed E-state index contributed by atoms with van der Waals surface area (Å²) in [6.07, 6.45) is 2.28. The zero-order valence-corrected chi connectivity index (χ0v) is 17.1. The Morgan fingerprint density at radius 2 is 1.93 bits per heavy atom. The van der Waals surface area contributed by atoms with E-state index in [4.69, 9.17) is 11.6 Å². The highest BCUT2D eigenvalue weighted by Gasteiger charge is 2.23. The van der Waals surface area contributed by atoms with Gasteiger partial charge in [-0.1, -0.05) is 11.6 Å². The summed E-state index contributed by atoms with van der Waals surface area (Å²) in [5.41, 5.74) is 1.28. The highest BCUT2D eigenvalue weighted by Crippen LogP contribution is 2.25. The molecule has 0 atom stereocenters. The van der Waals surface area contributed by atoms with E-state index in [0.29, 0.717) is 18.7 Å². The standard InChI is InChI=1S/C19H19ClFN3O4S/c1-29(27,28)24(15-8-9-17(21)16(20)11-15)12-18(25)22-13-4-6-14(7-5-13)23-10-2-3-19(23)26/h4-9,11H,2-3,10,12H2,1H3,(H,22,25). The van der Waals surface area contributed by atoms with Crippen molar-refractivity contribution in [2.24, 2.45) is 0 Å². The molecule has 1 aliphatic heterocycles. The molecule has 0 unspecified atom stereocenters. The number of carbonyl (C=O) groups is 2. The zero-order valence-electron chi connectivity index (χ0n) is 15.6. The summed E-state index contributed by atoms with van der Waals surface area (Å²) < 4.78 is 38.4. The minimum Gasteiger partial charge on any atom is -0.325 e. The van der Waals surface area contributed by atoms with Gasteiger partial charge in [0, 0.05) is 24.3 Å². The summed E-state index contributed by atoms with van der Waals surface area (Å²) in [5, 5.41) is 2.37. The van der Waals surface area contributed by atoms with E-state index in [1.807, 2.05) is 0 Å². The van der Waals surface area contributed by atoms with Crippen LogP contribution < -0.4 is 14.5 Å². The lowest BCUT2D eigenvalue weighted by Crippen LogP contribution is -2.37. The Labute approximate surface area is 173 Å². The number of nitrogens with one attached hydrogen (secondary N) is 1. The molecule has 1 heterocycles. The molecule has 3 rings (SSSR count). The van der Waals surface area contributed by atoms with Crippen molar-refractivity contribution in [2.45, 2.75) is 12.8 Å². The fraction of sp³-hybridized carbons (Fsp3) is 0.263. The van der Waals surface area contributed by atoms with Gasteiger partial charge >= 0.3 is 0 Å². The zero-order chi connectivity index (χ0) is 21.2. The van der Waals surface area contributed by atoms with Crippen molar-refractivity contribution < 1.29 is 22.4 Å². The van der Waals surface area contributed by atoms with Crippen LogP contribution in [0.2, 0.25) is 5.02 Å². The van der Waals surface area contributed by atoms with Crippen molar-refractivity contribution in [3.05, 3.63) is 53.3 Å². The Hall–Kier alpha value is -2.65. The first-order valence-electron chi connectivity index (χ1n) is 8.78. The van der Waals surface area contributed by atoms with Gasteiger partial charge in [0.25, 0.3) is 0 Å². The largest absolute Gasteiger partial charge is 0.325 e. The molecule has 1 fully saturated rings. The van der Waals surface area contributed by atoms with Crippen LogP contribution in [0.4, 0.5) is 21.5 Å². The second-order valence-corrected chi connectivity index (χ2v) is 8.93. The first kappa shape index (κ1) is 21.1. The van der Waals surface area contributed by atoms with Gasteiger partial charge in [-0.3, -0.25) is 13.9 Å². The first-order chi connectivity index (χ1) is 13.6. The van der Waals surface area contributed by atoms with Crippen LogP contribution >= 0.6 is 11.6 Å². The van der Waals surface area contributed by atoms with E-state index in [9.17, 15) is 22.4 Å². The lowest BCUT2D eigenvalue weighted by molar-refractivity contribution is -0.117. The van der Waals surface area contributed by atoms with E-state index < -0.39 is 28.3 Å². The number of nitrogens with zero attached hydrogens (tertiary/aromatic N) is 2. The molecule has 2 amide bonds. The number of halogens is 2. The Kier molecular flexibility index (Phi) is 6.09. The number of benzene rings is 2. The van der Waals surface area contributed by atoms with Crippen LogP contribution in [0.1, 0.15) is 12.8 Å². The summed E-state index contributed by atoms with van der Waals surface area (Å²) in [4.78, 5) is 25.9. The Balaban J connectivity index is 1.72. The van der Waals surface area contributed by atoms with Crippen LogP contribution in [0.15, 0.2) is 42.5 Å². The lowest BCUT2D eigenvalue weighted by atomic mass is 10.2. The Morgan fingerprint density at radius 3 is 2.48 bits per heavy atom. The minimum absolute atomic E-state index is 0.0588. The maximum Gasteiger partial charge on any atom is 0.245 e. The molecular formula is C19H19ClFN3O4S. The third kappa shape index (κ3) is 5.04. The molecule has 29 heavy (non-hydrogen) atoms. The SMILES string of the molecule is CS(=O)(=O)N(CC(=O)Nc1ccc(N2CCCC2=O)cc1)c1ccc(F)c(Cl)c1. The second-order valence-electron chi connectivity index (χ2n) is 6.61. The normalized spacial score (nSPS) is 14.2. The van der Waals surface area contributed by atoms with Crippen molar-refractivity contribution >= 4 is 50.5 Å². The number of hydrogen-bond acceptors (Lipinski definition) is 4. The molecule has 0 saturated carbocycles. The van der Waals surface area contributed by atoms with E-state index in [-0.39, 0.29) is 16.6 Å². The molecule has 1 saturated heterocycles. The van der Waals surface area contributed by atoms with E-state index in [1.54, 1.807) is 29.2 Å². The van der Waals surface area contributed by atoms with Gasteiger partial charge in [-0.05, 0) is 48.9 Å². The van der Waals surface area contributed by atoms with E-state index in [0.717, 1.165) is 34.8 Å². The summed E-state index contributed by atoms with van der Waals surface area (Å²) in [7, 11) is -3.81. The summed E-state index contributed by atoms with van der Waals surface area (Å²) in [6.45, 7) is 0.154. The van der Waals surface area contributed by atoms with Crippen molar-refractivity contribution in [3.8, 4) is 0 Å². The molecule has 2 aromatic rings. The van der Waals surface area contributed by atoms with Crippen molar-refractivity contribution in [1.29, 1.82) is 0 Å². The topological polar surface area (TPSA) is 86.8 Å². The van der Waals surface area contributed by atoms with Crippen LogP contribution in [-0.2, 0) is 19.6 Å². The van der Waals surface area contributed by atoms with Crippen LogP contribution in [-0.4, -0.2) is 39.6 Å². The van der Waals surface area contributed by atoms with Gasteiger partial charge in [0.15, 0.2) is 0 Å². The van der Waals surface area contributed by atoms with Gasteiger partial charge in [-0.25, -0.2) is 12.8 Å². The Bertz CT molecular complexity index is 1040. The predicted octanol–water partition coefficient (Wildman–Crippen LogP) is 3.01. The van der Waals surface area contributed by atoms with E-state index in [2.05, 4.69) is 5.32 Å². The van der Waals surface area contributed by atoms with E-state index >= 15 is 0 Å². The van der Waals surface area contributed by atoms with Gasteiger partial charge < -0.3 is 10.2 Å². The fourth-order valence-electron chi connectivity index (χ4n) is 3.02. The van der Waals surface area contributed by atoms with Gasteiger partial charge in [-0.15, -0.1) is 0 Å². The average Bonchev–Trinajstić information content (AvgIpc) is 3.08. The second kappa shape index (κ2) is 8.38. The van der Waals surface area contributed by atoms with Crippen LogP contribution in [0, 0.1) is 5.82 Å². The molecule has 0 aromatic heterocycles. The van der Waals surface area contributed by atoms with E-state index in [1.165, 1.54) is 6.07 Å². The maximum atomic E-state index is 13.4. The monoisotopic (exact) mass is 439 g/mol. The number of sulfonamides is 1. The average molecular weight is 440 g/mol. The minimum atomic E-state index is -3.81. The molecule has 2 aromatic carbocycles. The number of anilines is 3. The highest BCUT2D eigenvalue weighted by atomic mass is 35.5. The summed E-state index contributed by atoms with van der Waals surface area (Å²) >= 11 is 5.73. The number of rotatable bonds is 6. The smallest absolute Gasteiger partial charge is 0.245 e. The number of amides is 2.